The molecule has 2 N–H and O–H groups in total. The van der Waals surface area contributed by atoms with Crippen LogP contribution in [0.1, 0.15) is 26.5 Å². The summed E-state index contributed by atoms with van der Waals surface area (Å²) in [7, 11) is 0. The summed E-state index contributed by atoms with van der Waals surface area (Å²) in [6.07, 6.45) is 1.00. The van der Waals surface area contributed by atoms with Gasteiger partial charge in [0.2, 0.25) is 17.8 Å². The zero-order valence-electron chi connectivity index (χ0n) is 17.1. The molecule has 2 amide bonds. The zero-order chi connectivity index (χ0) is 23.4. The van der Waals surface area contributed by atoms with Gasteiger partial charge in [-0.05, 0) is 25.1 Å². The molecule has 3 aromatic rings. The Morgan fingerprint density at radius 2 is 2.03 bits per heavy atom. The van der Waals surface area contributed by atoms with E-state index in [2.05, 4.69) is 26.0 Å². The van der Waals surface area contributed by atoms with E-state index < -0.39 is 10.8 Å². The summed E-state index contributed by atoms with van der Waals surface area (Å²) in [5.74, 6) is -0.227. The molecule has 12 nitrogen and oxygen atoms in total. The number of hydrazone groups is 1. The van der Waals surface area contributed by atoms with Gasteiger partial charge >= 0.3 is 0 Å². The molecular formula is C20H16N6O6S. The fraction of sp³-hybridized carbons (Fsp3) is 0.150. The van der Waals surface area contributed by atoms with Crippen molar-refractivity contribution in [3.63, 3.8) is 0 Å². The number of nitrogens with one attached hydrogen (secondary N) is 2. The number of nitro benzene ring substituents is 1. The van der Waals surface area contributed by atoms with Crippen LogP contribution in [0.5, 0.6) is 11.5 Å². The Hall–Kier alpha value is -4.39. The quantitative estimate of drug-likeness (QED) is 0.304. The predicted molar refractivity (Wildman–Crippen MR) is 118 cm³/mol. The molecule has 0 saturated carbocycles. The molecule has 0 saturated heterocycles. The third kappa shape index (κ3) is 5.27. The number of amides is 2. The summed E-state index contributed by atoms with van der Waals surface area (Å²) in [6, 6.07) is 9.72. The van der Waals surface area contributed by atoms with Crippen LogP contribution < -0.4 is 20.2 Å². The molecule has 2 heterocycles. The highest BCUT2D eigenvalue weighted by Gasteiger charge is 2.22. The van der Waals surface area contributed by atoms with E-state index in [-0.39, 0.29) is 41.3 Å². The second-order valence-electron chi connectivity index (χ2n) is 6.82. The average Bonchev–Trinajstić information content (AvgIpc) is 3.41. The van der Waals surface area contributed by atoms with Crippen LogP contribution in [0.3, 0.4) is 0 Å². The maximum Gasteiger partial charge on any atom is 0.282 e. The fourth-order valence-corrected chi connectivity index (χ4v) is 3.62. The number of nitrogens with zero attached hydrogens (tertiary/aromatic N) is 4. The van der Waals surface area contributed by atoms with E-state index in [1.54, 1.807) is 18.2 Å². The van der Waals surface area contributed by atoms with E-state index in [1.807, 2.05) is 13.0 Å². The Balaban J connectivity index is 1.35. The Kier molecular flexibility index (Phi) is 6.22. The van der Waals surface area contributed by atoms with Gasteiger partial charge in [0.25, 0.3) is 11.6 Å². The number of carbonyl (C=O) groups is 2. The van der Waals surface area contributed by atoms with Gasteiger partial charge in [-0.25, -0.2) is 5.43 Å². The fourth-order valence-electron chi connectivity index (χ4n) is 2.89. The number of rotatable bonds is 7. The Labute approximate surface area is 190 Å². The highest BCUT2D eigenvalue weighted by atomic mass is 32.1. The molecule has 0 radical (unpaired) electrons. The first-order chi connectivity index (χ1) is 15.9. The molecule has 0 spiro atoms. The van der Waals surface area contributed by atoms with E-state index in [9.17, 15) is 19.7 Å². The van der Waals surface area contributed by atoms with Gasteiger partial charge in [-0.2, -0.15) is 5.10 Å². The van der Waals surface area contributed by atoms with Crippen molar-refractivity contribution in [2.75, 3.05) is 12.1 Å². The predicted octanol–water partition coefficient (Wildman–Crippen LogP) is 2.43. The summed E-state index contributed by atoms with van der Waals surface area (Å²) in [5.41, 5.74) is 3.61. The zero-order valence-corrected chi connectivity index (χ0v) is 17.9. The minimum absolute atomic E-state index is 0.0287. The minimum Gasteiger partial charge on any atom is -0.454 e. The normalized spacial score (nSPS) is 12.0. The largest absolute Gasteiger partial charge is 0.454 e. The molecule has 0 aliphatic carbocycles. The van der Waals surface area contributed by atoms with E-state index >= 15 is 0 Å². The third-order valence-electron chi connectivity index (χ3n) is 4.39. The van der Waals surface area contributed by atoms with E-state index in [1.165, 1.54) is 12.1 Å². The van der Waals surface area contributed by atoms with Gasteiger partial charge in [-0.15, -0.1) is 10.2 Å². The molecule has 33 heavy (non-hydrogen) atoms. The smallest absolute Gasteiger partial charge is 0.282 e. The highest BCUT2D eigenvalue weighted by Crippen LogP contribution is 2.37. The second-order valence-corrected chi connectivity index (χ2v) is 7.88. The van der Waals surface area contributed by atoms with Gasteiger partial charge in [-0.1, -0.05) is 29.0 Å². The number of nitro groups is 1. The number of carbonyl (C=O) groups excluding carboxylic acids is 2. The van der Waals surface area contributed by atoms with Crippen molar-refractivity contribution < 1.29 is 24.0 Å². The molecule has 0 bridgehead atoms. The van der Waals surface area contributed by atoms with Gasteiger partial charge in [-0.3, -0.25) is 25.0 Å². The van der Waals surface area contributed by atoms with E-state index in [4.69, 9.17) is 9.47 Å². The van der Waals surface area contributed by atoms with Crippen LogP contribution in [0.4, 0.5) is 10.8 Å². The Bertz CT molecular complexity index is 1270. The number of aryl methyl sites for hydroxylation is 1. The van der Waals surface area contributed by atoms with Gasteiger partial charge < -0.3 is 9.47 Å². The van der Waals surface area contributed by atoms with Crippen LogP contribution in [-0.2, 0) is 11.2 Å². The maximum atomic E-state index is 12.3. The number of hydrogen-bond donors (Lipinski definition) is 2. The standard InChI is InChI=1S/C20H16N6O6S/c1-11-3-2-4-12(5-11)19(28)22-20-25-24-18(33-20)8-17(27)23-21-9-13-6-15-16(32-10-31-15)7-14(13)26(29)30/h2-7,9H,8,10H2,1H3,(H,23,27)(H,22,25,28). The van der Waals surface area contributed by atoms with Crippen molar-refractivity contribution in [1.82, 2.24) is 15.6 Å². The van der Waals surface area contributed by atoms with Crippen molar-refractivity contribution in [1.29, 1.82) is 0 Å². The number of aromatic nitrogens is 2. The van der Waals surface area contributed by atoms with Crippen LogP contribution in [0, 0.1) is 17.0 Å². The third-order valence-corrected chi connectivity index (χ3v) is 5.23. The van der Waals surface area contributed by atoms with Crippen molar-refractivity contribution in [2.45, 2.75) is 13.3 Å². The minimum atomic E-state index is -0.584. The molecule has 0 atom stereocenters. The Morgan fingerprint density at radius 3 is 2.79 bits per heavy atom. The number of ether oxygens (including phenoxy) is 2. The number of fused-ring (bicyclic) bond motifs is 1. The summed E-state index contributed by atoms with van der Waals surface area (Å²) >= 11 is 1.05. The number of anilines is 1. The van der Waals surface area contributed by atoms with Crippen LogP contribution in [0.15, 0.2) is 41.5 Å². The number of hydrogen-bond acceptors (Lipinski definition) is 10. The van der Waals surface area contributed by atoms with Crippen molar-refractivity contribution in [3.8, 4) is 11.5 Å². The van der Waals surface area contributed by atoms with Crippen LogP contribution in [-0.4, -0.2) is 39.9 Å². The molecule has 1 aliphatic rings. The first kappa shape index (κ1) is 21.8. The molecule has 168 valence electrons. The highest BCUT2D eigenvalue weighted by molar-refractivity contribution is 7.15. The van der Waals surface area contributed by atoms with Crippen molar-refractivity contribution in [2.24, 2.45) is 5.10 Å². The second kappa shape index (κ2) is 9.40. The van der Waals surface area contributed by atoms with Crippen LogP contribution in [0.25, 0.3) is 0 Å². The van der Waals surface area contributed by atoms with Crippen molar-refractivity contribution >= 4 is 40.2 Å². The topological polar surface area (TPSA) is 158 Å². The van der Waals surface area contributed by atoms with Gasteiger partial charge in [0.05, 0.1) is 29.2 Å². The molecule has 0 unspecified atom stereocenters. The lowest BCUT2D eigenvalue weighted by Gasteiger charge is -2.01. The van der Waals surface area contributed by atoms with Gasteiger partial charge in [0, 0.05) is 5.56 Å². The van der Waals surface area contributed by atoms with Crippen molar-refractivity contribution in [3.05, 3.63) is 68.2 Å². The first-order valence-electron chi connectivity index (χ1n) is 9.49. The molecule has 4 rings (SSSR count). The lowest BCUT2D eigenvalue weighted by Crippen LogP contribution is -2.19. The molecule has 1 aliphatic heterocycles. The van der Waals surface area contributed by atoms with Crippen LogP contribution in [0.2, 0.25) is 0 Å². The van der Waals surface area contributed by atoms with Gasteiger partial charge in [0.15, 0.2) is 11.5 Å². The maximum absolute atomic E-state index is 12.3. The molecule has 2 aromatic carbocycles. The summed E-state index contributed by atoms with van der Waals surface area (Å²) in [6.45, 7) is 1.85. The van der Waals surface area contributed by atoms with Gasteiger partial charge in [0.1, 0.15) is 5.01 Å². The van der Waals surface area contributed by atoms with E-state index in [0.29, 0.717) is 16.3 Å². The average molecular weight is 468 g/mol. The molecule has 1 aromatic heterocycles. The summed E-state index contributed by atoms with van der Waals surface area (Å²) in [5, 5.41) is 26.0. The lowest BCUT2D eigenvalue weighted by molar-refractivity contribution is -0.385. The van der Waals surface area contributed by atoms with E-state index in [0.717, 1.165) is 23.1 Å². The molecule has 0 fully saturated rings. The first-order valence-corrected chi connectivity index (χ1v) is 10.3. The SMILES string of the molecule is Cc1cccc(C(=O)Nc2nnc(CC(=O)NN=Cc3cc4c(cc3[N+](=O)[O-])OCO4)s2)c1. The van der Waals surface area contributed by atoms with Crippen LogP contribution >= 0.6 is 11.3 Å². The monoisotopic (exact) mass is 468 g/mol. The molecular weight excluding hydrogens is 452 g/mol. The summed E-state index contributed by atoms with van der Waals surface area (Å²) < 4.78 is 10.3. The Morgan fingerprint density at radius 1 is 1.24 bits per heavy atom. The lowest BCUT2D eigenvalue weighted by atomic mass is 10.1. The molecule has 13 heteroatoms. The summed E-state index contributed by atoms with van der Waals surface area (Å²) in [4.78, 5) is 35.1. The number of benzene rings is 2.